The van der Waals surface area contributed by atoms with Gasteiger partial charge in [-0.25, -0.2) is 0 Å². The van der Waals surface area contributed by atoms with E-state index in [0.717, 1.165) is 26.1 Å². The van der Waals surface area contributed by atoms with E-state index >= 15 is 0 Å². The highest BCUT2D eigenvalue weighted by Crippen LogP contribution is 2.26. The lowest BCUT2D eigenvalue weighted by Gasteiger charge is -2.27. The lowest BCUT2D eigenvalue weighted by Crippen LogP contribution is -2.32. The molecule has 0 atom stereocenters. The monoisotopic (exact) mass is 170 g/mol. The Hall–Kier alpha value is -0.370. The first-order valence-electron chi connectivity index (χ1n) is 4.64. The fourth-order valence-corrected chi connectivity index (χ4v) is 1.57. The average molecular weight is 170 g/mol. The molecular formula is C10H18O2. The number of carbonyl (C=O) groups is 1. The average Bonchev–Trinajstić information content (AvgIpc) is 2.03. The summed E-state index contributed by atoms with van der Waals surface area (Å²) in [6.45, 7) is 7.49. The first-order chi connectivity index (χ1) is 5.52. The van der Waals surface area contributed by atoms with Crippen LogP contribution in [-0.4, -0.2) is 19.0 Å². The lowest BCUT2D eigenvalue weighted by atomic mass is 9.80. The minimum Gasteiger partial charge on any atom is -0.381 e. The van der Waals surface area contributed by atoms with E-state index in [-0.39, 0.29) is 11.3 Å². The number of hydrogen-bond acceptors (Lipinski definition) is 2. The highest BCUT2D eigenvalue weighted by Gasteiger charge is 2.30. The molecule has 1 aliphatic heterocycles. The lowest BCUT2D eigenvalue weighted by molar-refractivity contribution is -0.133. The molecule has 0 N–H and O–H groups in total. The Labute approximate surface area is 74.3 Å². The Morgan fingerprint density at radius 2 is 1.75 bits per heavy atom. The molecule has 1 heterocycles. The Morgan fingerprint density at radius 1 is 1.25 bits per heavy atom. The van der Waals surface area contributed by atoms with Crippen molar-refractivity contribution in [3.63, 3.8) is 0 Å². The summed E-state index contributed by atoms with van der Waals surface area (Å²) < 4.78 is 5.21. The van der Waals surface area contributed by atoms with Crippen LogP contribution in [0.15, 0.2) is 0 Å². The van der Waals surface area contributed by atoms with E-state index in [1.807, 2.05) is 20.8 Å². The van der Waals surface area contributed by atoms with E-state index in [0.29, 0.717) is 5.78 Å². The maximum atomic E-state index is 11.8. The van der Waals surface area contributed by atoms with Crippen LogP contribution in [-0.2, 0) is 9.53 Å². The molecule has 1 fully saturated rings. The van der Waals surface area contributed by atoms with Gasteiger partial charge >= 0.3 is 0 Å². The summed E-state index contributed by atoms with van der Waals surface area (Å²) in [5, 5.41) is 0. The van der Waals surface area contributed by atoms with Crippen molar-refractivity contribution >= 4 is 5.78 Å². The molecule has 1 rings (SSSR count). The third kappa shape index (κ3) is 2.31. The zero-order valence-corrected chi connectivity index (χ0v) is 8.22. The van der Waals surface area contributed by atoms with Crippen molar-refractivity contribution in [3.05, 3.63) is 0 Å². The Kier molecular flexibility index (Phi) is 2.89. The molecule has 1 aliphatic rings. The standard InChI is InChI=1S/C10H18O2/c1-10(2,3)9(11)8-4-6-12-7-5-8/h8H,4-7H2,1-3H3. The minimum absolute atomic E-state index is 0.179. The van der Waals surface area contributed by atoms with Crippen LogP contribution >= 0.6 is 0 Å². The molecule has 0 radical (unpaired) electrons. The molecule has 0 unspecified atom stereocenters. The van der Waals surface area contributed by atoms with Gasteiger partial charge < -0.3 is 4.74 Å². The number of carbonyl (C=O) groups excluding carboxylic acids is 1. The molecular weight excluding hydrogens is 152 g/mol. The van der Waals surface area contributed by atoms with E-state index in [1.54, 1.807) is 0 Å². The van der Waals surface area contributed by atoms with E-state index < -0.39 is 0 Å². The molecule has 70 valence electrons. The van der Waals surface area contributed by atoms with Crippen LogP contribution in [0, 0.1) is 11.3 Å². The molecule has 2 nitrogen and oxygen atoms in total. The number of ether oxygens (including phenoxy) is 1. The van der Waals surface area contributed by atoms with Gasteiger partial charge in [0, 0.05) is 24.5 Å². The van der Waals surface area contributed by atoms with Crippen LogP contribution in [0.5, 0.6) is 0 Å². The van der Waals surface area contributed by atoms with Gasteiger partial charge in [-0.15, -0.1) is 0 Å². The van der Waals surface area contributed by atoms with Gasteiger partial charge in [0.1, 0.15) is 5.78 Å². The molecule has 2 heteroatoms. The van der Waals surface area contributed by atoms with Gasteiger partial charge in [0.15, 0.2) is 0 Å². The maximum Gasteiger partial charge on any atom is 0.141 e. The highest BCUT2D eigenvalue weighted by atomic mass is 16.5. The van der Waals surface area contributed by atoms with E-state index in [9.17, 15) is 4.79 Å². The van der Waals surface area contributed by atoms with Crippen LogP contribution in [0.1, 0.15) is 33.6 Å². The SMILES string of the molecule is CC(C)(C)C(=O)C1CCOCC1. The van der Waals surface area contributed by atoms with Crippen molar-refractivity contribution in [2.45, 2.75) is 33.6 Å². The van der Waals surface area contributed by atoms with Crippen molar-refractivity contribution in [2.24, 2.45) is 11.3 Å². The summed E-state index contributed by atoms with van der Waals surface area (Å²) in [4.78, 5) is 11.8. The molecule has 0 spiro atoms. The summed E-state index contributed by atoms with van der Waals surface area (Å²) in [6, 6.07) is 0. The Balaban J connectivity index is 2.51. The molecule has 0 amide bonds. The van der Waals surface area contributed by atoms with Gasteiger partial charge in [-0.2, -0.15) is 0 Å². The summed E-state index contributed by atoms with van der Waals surface area (Å²) in [5.74, 6) is 0.643. The summed E-state index contributed by atoms with van der Waals surface area (Å²) in [5.41, 5.74) is -0.179. The smallest absolute Gasteiger partial charge is 0.141 e. The van der Waals surface area contributed by atoms with Crippen molar-refractivity contribution in [2.75, 3.05) is 13.2 Å². The van der Waals surface area contributed by atoms with E-state index in [1.165, 1.54) is 0 Å². The van der Waals surface area contributed by atoms with Gasteiger partial charge in [-0.05, 0) is 12.8 Å². The minimum atomic E-state index is -0.179. The van der Waals surface area contributed by atoms with Crippen molar-refractivity contribution in [1.29, 1.82) is 0 Å². The zero-order chi connectivity index (χ0) is 9.19. The summed E-state index contributed by atoms with van der Waals surface area (Å²) in [7, 11) is 0. The largest absolute Gasteiger partial charge is 0.381 e. The zero-order valence-electron chi connectivity index (χ0n) is 8.22. The number of Topliss-reactive ketones (excluding diaryl/α,β-unsaturated/α-hetero) is 1. The highest BCUT2D eigenvalue weighted by molar-refractivity contribution is 5.85. The van der Waals surface area contributed by atoms with Crippen LogP contribution < -0.4 is 0 Å². The van der Waals surface area contributed by atoms with Gasteiger partial charge in [0.2, 0.25) is 0 Å². The second-order valence-corrected chi connectivity index (χ2v) is 4.50. The fourth-order valence-electron chi connectivity index (χ4n) is 1.57. The molecule has 0 aromatic heterocycles. The first-order valence-corrected chi connectivity index (χ1v) is 4.64. The van der Waals surface area contributed by atoms with Gasteiger partial charge in [-0.3, -0.25) is 4.79 Å². The molecule has 1 saturated heterocycles. The predicted octanol–water partition coefficient (Wildman–Crippen LogP) is 2.03. The molecule has 0 aliphatic carbocycles. The fraction of sp³-hybridized carbons (Fsp3) is 0.900. The van der Waals surface area contributed by atoms with Crippen LogP contribution in [0.4, 0.5) is 0 Å². The van der Waals surface area contributed by atoms with Crippen LogP contribution in [0.25, 0.3) is 0 Å². The molecule has 0 aromatic carbocycles. The number of rotatable bonds is 1. The quantitative estimate of drug-likeness (QED) is 0.602. The predicted molar refractivity (Wildman–Crippen MR) is 48.0 cm³/mol. The van der Waals surface area contributed by atoms with Crippen LogP contribution in [0.2, 0.25) is 0 Å². The normalized spacial score (nSPS) is 20.9. The Bertz CT molecular complexity index is 161. The molecule has 12 heavy (non-hydrogen) atoms. The first kappa shape index (κ1) is 9.72. The van der Waals surface area contributed by atoms with E-state index in [2.05, 4.69) is 0 Å². The third-order valence-electron chi connectivity index (χ3n) is 2.33. The second kappa shape index (κ2) is 3.56. The third-order valence-corrected chi connectivity index (χ3v) is 2.33. The van der Waals surface area contributed by atoms with Crippen LogP contribution in [0.3, 0.4) is 0 Å². The topological polar surface area (TPSA) is 26.3 Å². The van der Waals surface area contributed by atoms with E-state index in [4.69, 9.17) is 4.74 Å². The molecule has 0 bridgehead atoms. The van der Waals surface area contributed by atoms with Gasteiger partial charge in [-0.1, -0.05) is 20.8 Å². The molecule has 0 saturated carbocycles. The summed E-state index contributed by atoms with van der Waals surface area (Å²) in [6.07, 6.45) is 1.83. The number of ketones is 1. The van der Waals surface area contributed by atoms with Gasteiger partial charge in [0.25, 0.3) is 0 Å². The second-order valence-electron chi connectivity index (χ2n) is 4.50. The van der Waals surface area contributed by atoms with Gasteiger partial charge in [0.05, 0.1) is 0 Å². The number of hydrogen-bond donors (Lipinski definition) is 0. The summed E-state index contributed by atoms with van der Waals surface area (Å²) >= 11 is 0. The van der Waals surface area contributed by atoms with Crippen molar-refractivity contribution < 1.29 is 9.53 Å². The molecule has 0 aromatic rings. The van der Waals surface area contributed by atoms with Crippen molar-refractivity contribution in [3.8, 4) is 0 Å². The van der Waals surface area contributed by atoms with Crippen molar-refractivity contribution in [1.82, 2.24) is 0 Å². The maximum absolute atomic E-state index is 11.8. The Morgan fingerprint density at radius 3 is 2.17 bits per heavy atom.